The summed E-state index contributed by atoms with van der Waals surface area (Å²) in [7, 11) is 0. The molecule has 0 fully saturated rings. The molecule has 3 rings (SSSR count). The molecule has 1 heterocycles. The Morgan fingerprint density at radius 3 is 2.15 bits per heavy atom. The molecule has 132 valence electrons. The van der Waals surface area contributed by atoms with E-state index in [1.807, 2.05) is 0 Å². The zero-order valence-electron chi connectivity index (χ0n) is 13.7. The zero-order valence-corrected chi connectivity index (χ0v) is 13.7. The second kappa shape index (κ2) is 6.75. The van der Waals surface area contributed by atoms with Gasteiger partial charge in [-0.3, -0.25) is 24.6 Å². The number of amides is 2. The normalized spacial score (nSPS) is 14.1. The van der Waals surface area contributed by atoms with Gasteiger partial charge in [-0.25, -0.2) is 4.79 Å². The zero-order chi connectivity index (χ0) is 18.8. The largest absolute Gasteiger partial charge is 0.464 e. The van der Waals surface area contributed by atoms with Gasteiger partial charge >= 0.3 is 5.97 Å². The lowest BCUT2D eigenvalue weighted by molar-refractivity contribution is -0.385. The molecule has 0 N–H and O–H groups in total. The van der Waals surface area contributed by atoms with E-state index >= 15 is 0 Å². The van der Waals surface area contributed by atoms with Crippen molar-refractivity contribution in [1.29, 1.82) is 0 Å². The SMILES string of the molecule is CCOC(=O)C(c1ccccc1[N+](=O)[O-])N1C(=O)c2ccccc2C1=O. The van der Waals surface area contributed by atoms with Crippen molar-refractivity contribution in [3.63, 3.8) is 0 Å². The average molecular weight is 354 g/mol. The molecule has 8 nitrogen and oxygen atoms in total. The number of nitro groups is 1. The average Bonchev–Trinajstić information content (AvgIpc) is 2.88. The van der Waals surface area contributed by atoms with Crippen molar-refractivity contribution >= 4 is 23.5 Å². The van der Waals surface area contributed by atoms with E-state index in [9.17, 15) is 24.5 Å². The number of rotatable bonds is 5. The third kappa shape index (κ3) is 2.71. The molecular weight excluding hydrogens is 340 g/mol. The summed E-state index contributed by atoms with van der Waals surface area (Å²) in [5.41, 5.74) is -0.164. The first-order valence-corrected chi connectivity index (χ1v) is 7.84. The number of carbonyl (C=O) groups is 3. The van der Waals surface area contributed by atoms with Crippen molar-refractivity contribution in [2.75, 3.05) is 6.61 Å². The van der Waals surface area contributed by atoms with Crippen molar-refractivity contribution in [2.45, 2.75) is 13.0 Å². The molecule has 0 saturated heterocycles. The van der Waals surface area contributed by atoms with Crippen LogP contribution in [0.3, 0.4) is 0 Å². The lowest BCUT2D eigenvalue weighted by Crippen LogP contribution is -2.39. The second-order valence-electron chi connectivity index (χ2n) is 5.50. The van der Waals surface area contributed by atoms with Crippen LogP contribution in [0.1, 0.15) is 39.2 Å². The summed E-state index contributed by atoms with van der Waals surface area (Å²) in [6, 6.07) is 10.1. The molecule has 1 aliphatic heterocycles. The first-order valence-electron chi connectivity index (χ1n) is 7.84. The molecule has 2 amide bonds. The maximum Gasteiger partial charge on any atom is 0.334 e. The number of fused-ring (bicyclic) bond motifs is 1. The van der Waals surface area contributed by atoms with Crippen LogP contribution in [-0.4, -0.2) is 34.2 Å². The van der Waals surface area contributed by atoms with Gasteiger partial charge < -0.3 is 4.74 Å². The van der Waals surface area contributed by atoms with E-state index in [-0.39, 0.29) is 29.0 Å². The van der Waals surface area contributed by atoms with Gasteiger partial charge in [-0.1, -0.05) is 24.3 Å². The number of benzene rings is 2. The number of ether oxygens (including phenoxy) is 1. The Balaban J connectivity index is 2.16. The lowest BCUT2D eigenvalue weighted by atomic mass is 10.0. The van der Waals surface area contributed by atoms with E-state index < -0.39 is 28.7 Å². The number of para-hydroxylation sites is 1. The van der Waals surface area contributed by atoms with E-state index in [2.05, 4.69) is 0 Å². The first-order chi connectivity index (χ1) is 12.5. The number of nitrogens with zero attached hydrogens (tertiary/aromatic N) is 2. The fraction of sp³-hybridized carbons (Fsp3) is 0.167. The number of carbonyl (C=O) groups excluding carboxylic acids is 3. The molecule has 26 heavy (non-hydrogen) atoms. The molecule has 0 bridgehead atoms. The smallest absolute Gasteiger partial charge is 0.334 e. The molecule has 2 aromatic rings. The third-order valence-electron chi connectivity index (χ3n) is 4.02. The summed E-state index contributed by atoms with van der Waals surface area (Å²) < 4.78 is 4.99. The number of esters is 1. The first kappa shape index (κ1) is 17.3. The van der Waals surface area contributed by atoms with Gasteiger partial charge in [0.25, 0.3) is 17.5 Å². The molecule has 1 aliphatic rings. The van der Waals surface area contributed by atoms with Gasteiger partial charge in [0, 0.05) is 6.07 Å². The van der Waals surface area contributed by atoms with E-state index in [0.717, 1.165) is 4.90 Å². The van der Waals surface area contributed by atoms with Crippen molar-refractivity contribution in [3.8, 4) is 0 Å². The summed E-state index contributed by atoms with van der Waals surface area (Å²) in [5.74, 6) is -2.29. The summed E-state index contributed by atoms with van der Waals surface area (Å²) in [5, 5.41) is 11.4. The molecule has 8 heteroatoms. The number of nitro benzene ring substituents is 1. The van der Waals surface area contributed by atoms with Crippen molar-refractivity contribution < 1.29 is 24.0 Å². The van der Waals surface area contributed by atoms with Gasteiger partial charge in [0.1, 0.15) is 0 Å². The molecule has 0 saturated carbocycles. The molecular formula is C18H14N2O6. The standard InChI is InChI=1S/C18H14N2O6/c1-2-26-18(23)15(13-9-5-6-10-14(13)20(24)25)19-16(21)11-7-3-4-8-12(11)17(19)22/h3-10,15H,2H2,1H3. The third-order valence-corrected chi connectivity index (χ3v) is 4.02. The van der Waals surface area contributed by atoms with Gasteiger partial charge in [-0.15, -0.1) is 0 Å². The Morgan fingerprint density at radius 2 is 1.62 bits per heavy atom. The predicted molar refractivity (Wildman–Crippen MR) is 89.4 cm³/mol. The Hall–Kier alpha value is -3.55. The van der Waals surface area contributed by atoms with Crippen molar-refractivity contribution in [1.82, 2.24) is 4.90 Å². The Kier molecular flexibility index (Phi) is 4.49. The number of imide groups is 1. The topological polar surface area (TPSA) is 107 Å². The molecule has 1 atom stereocenters. The fourth-order valence-electron chi connectivity index (χ4n) is 2.92. The van der Waals surface area contributed by atoms with E-state index in [4.69, 9.17) is 4.74 Å². The second-order valence-corrected chi connectivity index (χ2v) is 5.50. The quantitative estimate of drug-likeness (QED) is 0.353. The highest BCUT2D eigenvalue weighted by molar-refractivity contribution is 6.22. The van der Waals surface area contributed by atoms with Gasteiger partial charge in [0.05, 0.1) is 28.2 Å². The Morgan fingerprint density at radius 1 is 1.08 bits per heavy atom. The van der Waals surface area contributed by atoms with Crippen LogP contribution in [0.2, 0.25) is 0 Å². The van der Waals surface area contributed by atoms with Crippen molar-refractivity contribution in [3.05, 3.63) is 75.3 Å². The van der Waals surface area contributed by atoms with E-state index in [1.54, 1.807) is 19.1 Å². The molecule has 0 spiro atoms. The van der Waals surface area contributed by atoms with E-state index in [0.29, 0.717) is 0 Å². The summed E-state index contributed by atoms with van der Waals surface area (Å²) in [4.78, 5) is 49.5. The van der Waals surface area contributed by atoms with Crippen LogP contribution in [0.15, 0.2) is 48.5 Å². The molecule has 0 aromatic heterocycles. The van der Waals surface area contributed by atoms with Crippen LogP contribution in [0.25, 0.3) is 0 Å². The maximum atomic E-state index is 12.7. The van der Waals surface area contributed by atoms with Crippen LogP contribution < -0.4 is 0 Å². The van der Waals surface area contributed by atoms with Crippen LogP contribution in [0.5, 0.6) is 0 Å². The van der Waals surface area contributed by atoms with Crippen LogP contribution in [0, 0.1) is 10.1 Å². The molecule has 0 radical (unpaired) electrons. The highest BCUT2D eigenvalue weighted by Crippen LogP contribution is 2.36. The van der Waals surface area contributed by atoms with Crippen LogP contribution in [0.4, 0.5) is 5.69 Å². The summed E-state index contributed by atoms with van der Waals surface area (Å²) in [6.45, 7) is 1.57. The highest BCUT2D eigenvalue weighted by atomic mass is 16.6. The molecule has 0 aliphatic carbocycles. The Labute approximate surface area is 148 Å². The van der Waals surface area contributed by atoms with Crippen LogP contribution >= 0.6 is 0 Å². The fourth-order valence-corrected chi connectivity index (χ4v) is 2.92. The number of hydrogen-bond donors (Lipinski definition) is 0. The molecule has 1 unspecified atom stereocenters. The summed E-state index contributed by atoms with van der Waals surface area (Å²) in [6.07, 6.45) is 0. The minimum atomic E-state index is -1.54. The van der Waals surface area contributed by atoms with Gasteiger partial charge in [0.2, 0.25) is 0 Å². The van der Waals surface area contributed by atoms with Gasteiger partial charge in [-0.05, 0) is 25.1 Å². The highest BCUT2D eigenvalue weighted by Gasteiger charge is 2.46. The summed E-state index contributed by atoms with van der Waals surface area (Å²) >= 11 is 0. The minimum Gasteiger partial charge on any atom is -0.464 e. The predicted octanol–water partition coefficient (Wildman–Crippen LogP) is 2.50. The maximum absolute atomic E-state index is 12.7. The van der Waals surface area contributed by atoms with E-state index in [1.165, 1.54) is 36.4 Å². The van der Waals surface area contributed by atoms with Crippen molar-refractivity contribution in [2.24, 2.45) is 0 Å². The minimum absolute atomic E-state index is 0.000859. The number of hydrogen-bond acceptors (Lipinski definition) is 6. The van der Waals surface area contributed by atoms with Crippen LogP contribution in [-0.2, 0) is 9.53 Å². The van der Waals surface area contributed by atoms with Gasteiger partial charge in [0.15, 0.2) is 6.04 Å². The Bertz CT molecular complexity index is 888. The van der Waals surface area contributed by atoms with Gasteiger partial charge in [-0.2, -0.15) is 0 Å². The lowest BCUT2D eigenvalue weighted by Gasteiger charge is -2.24. The molecule has 2 aromatic carbocycles. The monoisotopic (exact) mass is 354 g/mol.